The van der Waals surface area contributed by atoms with Crippen LogP contribution in [0.5, 0.6) is 11.5 Å². The molecule has 3 N–H and O–H groups in total. The Bertz CT molecular complexity index is 1130. The lowest BCUT2D eigenvalue weighted by Crippen LogP contribution is -2.17. The van der Waals surface area contributed by atoms with Gasteiger partial charge in [-0.1, -0.05) is 28.9 Å². The topological polar surface area (TPSA) is 112 Å². The Morgan fingerprint density at radius 1 is 1.03 bits per heavy atom. The summed E-state index contributed by atoms with van der Waals surface area (Å²) < 4.78 is 11.2. The smallest absolute Gasteiger partial charge is 0.265 e. The maximum absolute atomic E-state index is 11.9. The zero-order chi connectivity index (χ0) is 23.6. The van der Waals surface area contributed by atoms with Crippen molar-refractivity contribution in [1.82, 2.24) is 0 Å². The van der Waals surface area contributed by atoms with E-state index in [1.54, 1.807) is 49.6 Å². The lowest BCUT2D eigenvalue weighted by atomic mass is 10.2. The van der Waals surface area contributed by atoms with Crippen molar-refractivity contribution in [3.63, 3.8) is 0 Å². The van der Waals surface area contributed by atoms with Crippen LogP contribution in [0.4, 0.5) is 5.69 Å². The summed E-state index contributed by atoms with van der Waals surface area (Å²) in [6.07, 6.45) is 1.46. The number of primary amides is 1. The Balaban J connectivity index is 1.49. The fourth-order valence-corrected chi connectivity index (χ4v) is 2.86. The van der Waals surface area contributed by atoms with Crippen molar-refractivity contribution in [2.45, 2.75) is 6.61 Å². The number of methoxy groups -OCH3 is 1. The van der Waals surface area contributed by atoms with Crippen molar-refractivity contribution < 1.29 is 23.9 Å². The number of halogens is 1. The predicted octanol–water partition coefficient (Wildman–Crippen LogP) is 4.02. The van der Waals surface area contributed by atoms with Crippen molar-refractivity contribution >= 4 is 35.3 Å². The minimum atomic E-state index is -0.539. The van der Waals surface area contributed by atoms with Gasteiger partial charge in [0.15, 0.2) is 18.1 Å². The van der Waals surface area contributed by atoms with Crippen molar-refractivity contribution in [3.05, 3.63) is 88.4 Å². The van der Waals surface area contributed by atoms with Crippen molar-refractivity contribution in [2.24, 2.45) is 10.9 Å². The highest BCUT2D eigenvalue weighted by molar-refractivity contribution is 6.30. The molecule has 0 atom stereocenters. The first kappa shape index (κ1) is 23.6. The second-order valence-electron chi connectivity index (χ2n) is 6.82. The van der Waals surface area contributed by atoms with Gasteiger partial charge in [0, 0.05) is 21.8 Å². The monoisotopic (exact) mass is 467 g/mol. The summed E-state index contributed by atoms with van der Waals surface area (Å²) in [6, 6.07) is 18.9. The molecule has 0 aliphatic rings. The summed E-state index contributed by atoms with van der Waals surface area (Å²) in [5, 5.41) is 7.11. The number of nitrogens with one attached hydrogen (secondary N) is 1. The van der Waals surface area contributed by atoms with Gasteiger partial charge in [-0.2, -0.15) is 0 Å². The van der Waals surface area contributed by atoms with Gasteiger partial charge in [-0.3, -0.25) is 9.59 Å². The summed E-state index contributed by atoms with van der Waals surface area (Å²) in [6.45, 7) is 0.0813. The van der Waals surface area contributed by atoms with Crippen LogP contribution in [0.15, 0.2) is 71.9 Å². The second kappa shape index (κ2) is 11.5. The number of amides is 2. The lowest BCUT2D eigenvalue weighted by Gasteiger charge is -2.11. The Morgan fingerprint density at radius 3 is 2.42 bits per heavy atom. The standard InChI is InChI=1S/C24H22ClN3O5/c1-31-22-12-17(4-11-21(22)32-14-16-2-7-19(25)8-3-16)13-27-33-15-23(29)28-20-9-5-18(6-10-20)24(26)30/h2-13H,14-15H2,1H3,(H2,26,30)(H,28,29)/b27-13+. The van der Waals surface area contributed by atoms with Gasteiger partial charge < -0.3 is 25.4 Å². The molecule has 0 aliphatic carbocycles. The van der Waals surface area contributed by atoms with Gasteiger partial charge in [-0.25, -0.2) is 0 Å². The van der Waals surface area contributed by atoms with Crippen LogP contribution in [-0.4, -0.2) is 31.7 Å². The lowest BCUT2D eigenvalue weighted by molar-refractivity contribution is -0.120. The van der Waals surface area contributed by atoms with Crippen LogP contribution in [0.25, 0.3) is 0 Å². The van der Waals surface area contributed by atoms with Crippen molar-refractivity contribution in [1.29, 1.82) is 0 Å². The normalized spacial score (nSPS) is 10.6. The molecule has 0 aromatic heterocycles. The first-order valence-electron chi connectivity index (χ1n) is 9.85. The second-order valence-corrected chi connectivity index (χ2v) is 7.26. The maximum atomic E-state index is 11.9. The van der Waals surface area contributed by atoms with Gasteiger partial charge in [0.1, 0.15) is 6.61 Å². The molecule has 3 aromatic carbocycles. The fraction of sp³-hybridized carbons (Fsp3) is 0.125. The highest BCUT2D eigenvalue weighted by atomic mass is 35.5. The molecule has 8 nitrogen and oxygen atoms in total. The number of anilines is 1. The van der Waals surface area contributed by atoms with E-state index in [4.69, 9.17) is 31.6 Å². The van der Waals surface area contributed by atoms with E-state index in [2.05, 4.69) is 10.5 Å². The first-order valence-corrected chi connectivity index (χ1v) is 10.2. The third kappa shape index (κ3) is 7.26. The van der Waals surface area contributed by atoms with Crippen LogP contribution >= 0.6 is 11.6 Å². The minimum Gasteiger partial charge on any atom is -0.493 e. The van der Waals surface area contributed by atoms with Gasteiger partial charge in [0.2, 0.25) is 5.91 Å². The summed E-state index contributed by atoms with van der Waals surface area (Å²) in [7, 11) is 1.54. The Kier molecular flexibility index (Phi) is 8.26. The van der Waals surface area contributed by atoms with E-state index in [1.807, 2.05) is 12.1 Å². The van der Waals surface area contributed by atoms with Gasteiger partial charge >= 0.3 is 0 Å². The third-order valence-electron chi connectivity index (χ3n) is 4.42. The van der Waals surface area contributed by atoms with Crippen molar-refractivity contribution in [2.75, 3.05) is 19.0 Å². The molecule has 3 aromatic rings. The van der Waals surface area contributed by atoms with Gasteiger partial charge in [0.25, 0.3) is 5.91 Å². The van der Waals surface area contributed by atoms with Gasteiger partial charge in [0.05, 0.1) is 13.3 Å². The number of hydrogen-bond donors (Lipinski definition) is 2. The largest absolute Gasteiger partial charge is 0.493 e. The van der Waals surface area contributed by atoms with Crippen LogP contribution < -0.4 is 20.5 Å². The van der Waals surface area contributed by atoms with Gasteiger partial charge in [-0.15, -0.1) is 0 Å². The number of rotatable bonds is 10. The molecule has 0 unspecified atom stereocenters. The average molecular weight is 468 g/mol. The molecule has 33 heavy (non-hydrogen) atoms. The number of nitrogens with zero attached hydrogens (tertiary/aromatic N) is 1. The van der Waals surface area contributed by atoms with Crippen molar-refractivity contribution in [3.8, 4) is 11.5 Å². The maximum Gasteiger partial charge on any atom is 0.265 e. The van der Waals surface area contributed by atoms with E-state index in [9.17, 15) is 9.59 Å². The first-order chi connectivity index (χ1) is 15.9. The molecule has 0 fully saturated rings. The zero-order valence-electron chi connectivity index (χ0n) is 17.8. The Morgan fingerprint density at radius 2 is 1.76 bits per heavy atom. The van der Waals surface area contributed by atoms with Gasteiger partial charge in [-0.05, 0) is 60.2 Å². The summed E-state index contributed by atoms with van der Waals surface area (Å²) in [4.78, 5) is 28.1. The predicted molar refractivity (Wildman–Crippen MR) is 126 cm³/mol. The molecule has 9 heteroatoms. The molecule has 0 radical (unpaired) electrons. The Hall–Kier alpha value is -4.04. The molecule has 0 bridgehead atoms. The van der Waals surface area contributed by atoms with E-state index in [1.165, 1.54) is 18.3 Å². The number of oxime groups is 1. The van der Waals surface area contributed by atoms with Crippen LogP contribution in [-0.2, 0) is 16.2 Å². The summed E-state index contributed by atoms with van der Waals surface area (Å²) in [5.41, 5.74) is 7.72. The number of ether oxygens (including phenoxy) is 2. The SMILES string of the molecule is COc1cc(/C=N/OCC(=O)Nc2ccc(C(N)=O)cc2)ccc1OCc1ccc(Cl)cc1. The highest BCUT2D eigenvalue weighted by Gasteiger charge is 2.07. The highest BCUT2D eigenvalue weighted by Crippen LogP contribution is 2.28. The van der Waals surface area contributed by atoms with Crippen LogP contribution in [0.2, 0.25) is 5.02 Å². The van der Waals surface area contributed by atoms with E-state index < -0.39 is 11.8 Å². The molecular weight excluding hydrogens is 446 g/mol. The molecule has 0 saturated carbocycles. The molecule has 0 saturated heterocycles. The number of carbonyl (C=O) groups is 2. The molecular formula is C24H22ClN3O5. The molecule has 170 valence electrons. The molecule has 0 spiro atoms. The fourth-order valence-electron chi connectivity index (χ4n) is 2.73. The number of carbonyl (C=O) groups excluding carboxylic acids is 2. The molecule has 3 rings (SSSR count). The van der Waals surface area contributed by atoms with E-state index in [-0.39, 0.29) is 6.61 Å². The quantitative estimate of drug-likeness (QED) is 0.345. The summed E-state index contributed by atoms with van der Waals surface area (Å²) in [5.74, 6) is 0.170. The molecule has 0 aliphatic heterocycles. The number of nitrogens with two attached hydrogens (primary N) is 1. The average Bonchev–Trinajstić information content (AvgIpc) is 2.82. The van der Waals surface area contributed by atoms with E-state index in [0.717, 1.165) is 5.56 Å². The molecule has 0 heterocycles. The number of hydrogen-bond acceptors (Lipinski definition) is 6. The third-order valence-corrected chi connectivity index (χ3v) is 4.67. The summed E-state index contributed by atoms with van der Waals surface area (Å²) >= 11 is 5.89. The van der Waals surface area contributed by atoms with Crippen LogP contribution in [0.1, 0.15) is 21.5 Å². The number of benzene rings is 3. The zero-order valence-corrected chi connectivity index (χ0v) is 18.5. The van der Waals surface area contributed by atoms with Crippen LogP contribution in [0.3, 0.4) is 0 Å². The van der Waals surface area contributed by atoms with E-state index >= 15 is 0 Å². The minimum absolute atomic E-state index is 0.284. The van der Waals surface area contributed by atoms with Crippen LogP contribution in [0, 0.1) is 0 Å². The Labute approximate surface area is 195 Å². The van der Waals surface area contributed by atoms with E-state index in [0.29, 0.717) is 39.9 Å². The molecule has 2 amide bonds.